The van der Waals surface area contributed by atoms with Gasteiger partial charge in [0.25, 0.3) is 0 Å². The van der Waals surface area contributed by atoms with E-state index in [1.165, 1.54) is 0 Å². The van der Waals surface area contributed by atoms with Crippen molar-refractivity contribution in [3.8, 4) is 0 Å². The molecule has 2 saturated heterocycles. The summed E-state index contributed by atoms with van der Waals surface area (Å²) in [6.07, 6.45) is 1.97. The van der Waals surface area contributed by atoms with E-state index in [0.29, 0.717) is 45.6 Å². The molecule has 2 aliphatic rings. The number of carbonyl (C=O) groups is 1. The summed E-state index contributed by atoms with van der Waals surface area (Å²) in [6.45, 7) is 2.20. The highest BCUT2D eigenvalue weighted by Gasteiger charge is 2.36. The summed E-state index contributed by atoms with van der Waals surface area (Å²) in [4.78, 5) is 13.9. The van der Waals surface area contributed by atoms with Crippen LogP contribution in [0.5, 0.6) is 0 Å². The van der Waals surface area contributed by atoms with Crippen molar-refractivity contribution in [3.05, 3.63) is 0 Å². The van der Waals surface area contributed by atoms with Crippen molar-refractivity contribution in [2.24, 2.45) is 0 Å². The van der Waals surface area contributed by atoms with Crippen LogP contribution in [0.2, 0.25) is 0 Å². The minimum Gasteiger partial charge on any atom is -0.388 e. The first-order valence-corrected chi connectivity index (χ1v) is 6.85. The second kappa shape index (κ2) is 6.17. The highest BCUT2D eigenvalue weighted by atomic mass is 16.5. The van der Waals surface area contributed by atoms with Crippen LogP contribution in [0.4, 0.5) is 0 Å². The molecule has 19 heavy (non-hydrogen) atoms. The smallest absolute Gasteiger partial charge is 0.239 e. The van der Waals surface area contributed by atoms with Gasteiger partial charge in [-0.2, -0.15) is 0 Å². The average molecular weight is 272 g/mol. The van der Waals surface area contributed by atoms with Gasteiger partial charge in [-0.3, -0.25) is 4.79 Å². The van der Waals surface area contributed by atoms with Crippen molar-refractivity contribution in [2.45, 2.75) is 37.0 Å². The number of carbonyl (C=O) groups excluding carboxylic acids is 1. The first kappa shape index (κ1) is 14.7. The quantitative estimate of drug-likeness (QED) is 0.712. The Hall–Kier alpha value is -0.690. The van der Waals surface area contributed by atoms with Gasteiger partial charge in [-0.15, -0.1) is 0 Å². The number of hydrogen-bond donors (Lipinski definition) is 2. The Labute approximate surface area is 114 Å². The fourth-order valence-corrected chi connectivity index (χ4v) is 2.77. The predicted molar refractivity (Wildman–Crippen MR) is 69.8 cm³/mol. The lowest BCUT2D eigenvalue weighted by Gasteiger charge is -2.36. The Balaban J connectivity index is 1.85. The molecule has 0 saturated carbocycles. The van der Waals surface area contributed by atoms with E-state index in [1.807, 2.05) is 0 Å². The van der Waals surface area contributed by atoms with E-state index in [2.05, 4.69) is 5.32 Å². The summed E-state index contributed by atoms with van der Waals surface area (Å²) >= 11 is 0. The minimum atomic E-state index is -0.804. The lowest BCUT2D eigenvalue weighted by molar-refractivity contribution is -0.138. The molecule has 2 rings (SSSR count). The van der Waals surface area contributed by atoms with E-state index in [4.69, 9.17) is 9.47 Å². The molecular formula is C13H24N2O4. The molecular weight excluding hydrogens is 248 g/mol. The van der Waals surface area contributed by atoms with E-state index in [9.17, 15) is 9.90 Å². The SMILES string of the molecule is COC1CNC(C(=O)N(C)CC2(O)CCOCC2)C1. The van der Waals surface area contributed by atoms with Crippen molar-refractivity contribution >= 4 is 5.91 Å². The first-order chi connectivity index (χ1) is 9.04. The molecule has 0 bridgehead atoms. The van der Waals surface area contributed by atoms with Crippen molar-refractivity contribution in [2.75, 3.05) is 40.5 Å². The van der Waals surface area contributed by atoms with E-state index in [1.54, 1.807) is 19.1 Å². The van der Waals surface area contributed by atoms with Gasteiger partial charge >= 0.3 is 0 Å². The number of nitrogens with one attached hydrogen (secondary N) is 1. The third kappa shape index (κ3) is 3.66. The summed E-state index contributed by atoms with van der Waals surface area (Å²) in [7, 11) is 3.41. The molecule has 0 spiro atoms. The van der Waals surface area contributed by atoms with Gasteiger partial charge in [0.15, 0.2) is 0 Å². The van der Waals surface area contributed by atoms with Gasteiger partial charge < -0.3 is 24.8 Å². The van der Waals surface area contributed by atoms with Crippen LogP contribution in [0.3, 0.4) is 0 Å². The van der Waals surface area contributed by atoms with Crippen molar-refractivity contribution in [3.63, 3.8) is 0 Å². The van der Waals surface area contributed by atoms with Crippen LogP contribution in [-0.4, -0.2) is 74.1 Å². The van der Waals surface area contributed by atoms with Gasteiger partial charge in [0, 0.05) is 53.3 Å². The van der Waals surface area contributed by atoms with Gasteiger partial charge in [-0.25, -0.2) is 0 Å². The van der Waals surface area contributed by atoms with Crippen LogP contribution in [-0.2, 0) is 14.3 Å². The maximum absolute atomic E-state index is 12.3. The Kier molecular flexibility index (Phi) is 4.78. The van der Waals surface area contributed by atoms with Crippen LogP contribution < -0.4 is 5.32 Å². The lowest BCUT2D eigenvalue weighted by Crippen LogP contribution is -2.51. The zero-order valence-corrected chi connectivity index (χ0v) is 11.7. The summed E-state index contributed by atoms with van der Waals surface area (Å²) in [5.74, 6) is 0.0273. The molecule has 2 N–H and O–H groups in total. The predicted octanol–water partition coefficient (Wildman–Crippen LogP) is -0.637. The number of amides is 1. The monoisotopic (exact) mass is 272 g/mol. The van der Waals surface area contributed by atoms with Crippen molar-refractivity contribution in [1.82, 2.24) is 10.2 Å². The molecule has 0 aromatic carbocycles. The molecule has 2 aliphatic heterocycles. The van der Waals surface area contributed by atoms with Gasteiger partial charge in [-0.1, -0.05) is 0 Å². The van der Waals surface area contributed by atoms with Crippen LogP contribution in [0, 0.1) is 0 Å². The number of ether oxygens (including phenoxy) is 2. The number of likely N-dealkylation sites (N-methyl/N-ethyl adjacent to an activating group) is 1. The Bertz CT molecular complexity index is 318. The second-order valence-electron chi connectivity index (χ2n) is 5.59. The Morgan fingerprint density at radius 3 is 2.79 bits per heavy atom. The molecule has 0 aromatic rings. The number of methoxy groups -OCH3 is 1. The van der Waals surface area contributed by atoms with E-state index < -0.39 is 5.60 Å². The molecule has 0 aromatic heterocycles. The minimum absolute atomic E-state index is 0.0273. The van der Waals surface area contributed by atoms with Crippen LogP contribution in [0.25, 0.3) is 0 Å². The molecule has 2 fully saturated rings. The topological polar surface area (TPSA) is 71.0 Å². The molecule has 1 amide bonds. The standard InChI is InChI=1S/C13H24N2O4/c1-15(9-13(17)3-5-19-6-4-13)12(16)11-7-10(18-2)8-14-11/h10-11,14,17H,3-9H2,1-2H3. The van der Waals surface area contributed by atoms with Crippen LogP contribution in [0.1, 0.15) is 19.3 Å². The van der Waals surface area contributed by atoms with Gasteiger partial charge in [0.05, 0.1) is 17.7 Å². The van der Waals surface area contributed by atoms with E-state index >= 15 is 0 Å². The summed E-state index contributed by atoms with van der Waals surface area (Å²) in [5, 5.41) is 13.6. The maximum Gasteiger partial charge on any atom is 0.239 e. The highest BCUT2D eigenvalue weighted by molar-refractivity contribution is 5.82. The molecule has 6 heteroatoms. The van der Waals surface area contributed by atoms with Gasteiger partial charge in [-0.05, 0) is 6.42 Å². The molecule has 0 radical (unpaired) electrons. The number of rotatable bonds is 4. The summed E-state index contributed by atoms with van der Waals surface area (Å²) in [5.41, 5.74) is -0.804. The van der Waals surface area contributed by atoms with Crippen molar-refractivity contribution < 1.29 is 19.4 Å². The molecule has 6 nitrogen and oxygen atoms in total. The third-order valence-electron chi connectivity index (χ3n) is 4.05. The molecule has 2 atom stereocenters. The van der Waals surface area contributed by atoms with Gasteiger partial charge in [0.2, 0.25) is 5.91 Å². The number of nitrogens with zero attached hydrogens (tertiary/aromatic N) is 1. The van der Waals surface area contributed by atoms with E-state index in [-0.39, 0.29) is 18.1 Å². The molecule has 0 aliphatic carbocycles. The van der Waals surface area contributed by atoms with E-state index in [0.717, 1.165) is 0 Å². The Morgan fingerprint density at radius 1 is 1.53 bits per heavy atom. The fourth-order valence-electron chi connectivity index (χ4n) is 2.77. The van der Waals surface area contributed by atoms with Gasteiger partial charge in [0.1, 0.15) is 0 Å². The number of aliphatic hydroxyl groups is 1. The zero-order valence-electron chi connectivity index (χ0n) is 11.7. The number of hydrogen-bond acceptors (Lipinski definition) is 5. The Morgan fingerprint density at radius 2 is 2.21 bits per heavy atom. The third-order valence-corrected chi connectivity index (χ3v) is 4.05. The van der Waals surface area contributed by atoms with Crippen molar-refractivity contribution in [1.29, 1.82) is 0 Å². The normalized spacial score (nSPS) is 30.3. The largest absolute Gasteiger partial charge is 0.388 e. The maximum atomic E-state index is 12.3. The van der Waals surface area contributed by atoms with Crippen LogP contribution in [0.15, 0.2) is 0 Å². The fraction of sp³-hybridized carbons (Fsp3) is 0.923. The molecule has 2 unspecified atom stereocenters. The zero-order chi connectivity index (χ0) is 13.9. The van der Waals surface area contributed by atoms with Crippen LogP contribution >= 0.6 is 0 Å². The molecule has 110 valence electrons. The summed E-state index contributed by atoms with van der Waals surface area (Å²) < 4.78 is 10.5. The highest BCUT2D eigenvalue weighted by Crippen LogP contribution is 2.22. The average Bonchev–Trinajstić information content (AvgIpc) is 2.86. The first-order valence-electron chi connectivity index (χ1n) is 6.85. The summed E-state index contributed by atoms with van der Waals surface area (Å²) in [6, 6.07) is -0.196. The molecule has 2 heterocycles. The second-order valence-corrected chi connectivity index (χ2v) is 5.59. The lowest BCUT2D eigenvalue weighted by atomic mass is 9.93.